The molecule has 2 heterocycles. The topological polar surface area (TPSA) is 85.6 Å². The van der Waals surface area contributed by atoms with Crippen LogP contribution in [-0.4, -0.2) is 36.1 Å². The average Bonchev–Trinajstić information content (AvgIpc) is 2.86. The highest BCUT2D eigenvalue weighted by atomic mass is 79.9. The van der Waals surface area contributed by atoms with Crippen LogP contribution in [0.1, 0.15) is 6.42 Å². The molecule has 1 unspecified atom stereocenters. The number of esters is 1. The largest absolute Gasteiger partial charge is 0.469 e. The Morgan fingerprint density at radius 1 is 1.63 bits per heavy atom. The molecule has 1 aliphatic rings. The van der Waals surface area contributed by atoms with Gasteiger partial charge in [-0.3, -0.25) is 19.9 Å². The normalized spacial score (nSPS) is 18.4. The Morgan fingerprint density at radius 2 is 2.37 bits per heavy atom. The molecule has 0 aromatic carbocycles. The summed E-state index contributed by atoms with van der Waals surface area (Å²) in [4.78, 5) is 27.7. The van der Waals surface area contributed by atoms with E-state index in [1.165, 1.54) is 19.5 Å². The molecule has 0 radical (unpaired) electrons. The van der Waals surface area contributed by atoms with Crippen LogP contribution in [0.4, 0.5) is 11.4 Å². The lowest BCUT2D eigenvalue weighted by Gasteiger charge is -2.19. The minimum absolute atomic E-state index is 0.0695. The van der Waals surface area contributed by atoms with Crippen molar-refractivity contribution in [2.24, 2.45) is 5.92 Å². The number of anilines is 1. The van der Waals surface area contributed by atoms with E-state index in [2.05, 4.69) is 20.9 Å². The first-order chi connectivity index (χ1) is 9.04. The molecule has 0 amide bonds. The number of nitrogens with zero attached hydrogens (tertiary/aromatic N) is 3. The first-order valence-corrected chi connectivity index (χ1v) is 6.44. The quantitative estimate of drug-likeness (QED) is 0.477. The molecule has 1 saturated heterocycles. The lowest BCUT2D eigenvalue weighted by molar-refractivity contribution is -0.384. The van der Waals surface area contributed by atoms with Gasteiger partial charge < -0.3 is 9.64 Å². The van der Waals surface area contributed by atoms with Crippen molar-refractivity contribution in [1.29, 1.82) is 0 Å². The molecule has 8 heteroatoms. The minimum atomic E-state index is -0.474. The molecule has 0 N–H and O–H groups in total. The van der Waals surface area contributed by atoms with Crippen molar-refractivity contribution in [3.63, 3.8) is 0 Å². The predicted octanol–water partition coefficient (Wildman–Crippen LogP) is 1.75. The maximum absolute atomic E-state index is 11.5. The zero-order valence-electron chi connectivity index (χ0n) is 10.2. The van der Waals surface area contributed by atoms with Gasteiger partial charge >= 0.3 is 11.7 Å². The van der Waals surface area contributed by atoms with E-state index in [0.29, 0.717) is 29.7 Å². The molecular weight excluding hydrogens is 318 g/mol. The monoisotopic (exact) mass is 329 g/mol. The maximum Gasteiger partial charge on any atom is 0.311 e. The van der Waals surface area contributed by atoms with Crippen molar-refractivity contribution in [2.45, 2.75) is 6.42 Å². The first-order valence-electron chi connectivity index (χ1n) is 5.65. The van der Waals surface area contributed by atoms with Crippen molar-refractivity contribution in [1.82, 2.24) is 4.98 Å². The summed E-state index contributed by atoms with van der Waals surface area (Å²) >= 11 is 3.27. The Balaban J connectivity index is 2.29. The second-order valence-corrected chi connectivity index (χ2v) is 5.06. The van der Waals surface area contributed by atoms with Gasteiger partial charge in [0.1, 0.15) is 11.9 Å². The molecule has 2 rings (SSSR count). The van der Waals surface area contributed by atoms with Crippen LogP contribution in [0.3, 0.4) is 0 Å². The molecule has 1 aromatic rings. The van der Waals surface area contributed by atoms with Gasteiger partial charge in [0.2, 0.25) is 0 Å². The number of hydrogen-bond donors (Lipinski definition) is 0. The number of halogens is 1. The molecule has 0 bridgehead atoms. The molecule has 0 aliphatic carbocycles. The molecule has 7 nitrogen and oxygen atoms in total. The average molecular weight is 330 g/mol. The van der Waals surface area contributed by atoms with Crippen LogP contribution in [0.2, 0.25) is 0 Å². The fraction of sp³-hybridized carbons (Fsp3) is 0.455. The number of methoxy groups -OCH3 is 1. The van der Waals surface area contributed by atoms with Crippen LogP contribution in [0.25, 0.3) is 0 Å². The number of aromatic nitrogens is 1. The Morgan fingerprint density at radius 3 is 3.00 bits per heavy atom. The van der Waals surface area contributed by atoms with E-state index >= 15 is 0 Å². The number of carbonyl (C=O) groups is 1. The molecule has 102 valence electrons. The zero-order chi connectivity index (χ0) is 14.0. The van der Waals surface area contributed by atoms with Gasteiger partial charge in [-0.25, -0.2) is 0 Å². The standard InChI is InChI=1S/C11H12BrN3O4/c1-19-11(16)7-2-3-14(6-7)10-8(12)4-13-5-9(10)15(17)18/h4-5,7H,2-3,6H2,1H3. The van der Waals surface area contributed by atoms with Crippen LogP contribution in [0, 0.1) is 16.0 Å². The highest BCUT2D eigenvalue weighted by Crippen LogP contribution is 2.37. The number of pyridine rings is 1. The molecule has 1 aliphatic heterocycles. The molecule has 0 saturated carbocycles. The summed E-state index contributed by atoms with van der Waals surface area (Å²) in [5.41, 5.74) is 0.395. The molecule has 1 fully saturated rings. The summed E-state index contributed by atoms with van der Waals surface area (Å²) < 4.78 is 5.25. The molecule has 1 aromatic heterocycles. The summed E-state index contributed by atoms with van der Waals surface area (Å²) in [5, 5.41) is 11.0. The smallest absolute Gasteiger partial charge is 0.311 e. The second kappa shape index (κ2) is 5.52. The van der Waals surface area contributed by atoms with Crippen LogP contribution in [-0.2, 0) is 9.53 Å². The fourth-order valence-electron chi connectivity index (χ4n) is 2.19. The zero-order valence-corrected chi connectivity index (χ0v) is 11.8. The molecule has 19 heavy (non-hydrogen) atoms. The van der Waals surface area contributed by atoms with Gasteiger partial charge in [-0.2, -0.15) is 0 Å². The summed E-state index contributed by atoms with van der Waals surface area (Å²) in [5.74, 6) is -0.528. The van der Waals surface area contributed by atoms with E-state index < -0.39 is 4.92 Å². The van der Waals surface area contributed by atoms with Gasteiger partial charge in [0, 0.05) is 19.3 Å². The van der Waals surface area contributed by atoms with E-state index in [1.54, 1.807) is 0 Å². The summed E-state index contributed by atoms with van der Waals surface area (Å²) in [6.07, 6.45) is 3.35. The van der Waals surface area contributed by atoms with Crippen LogP contribution >= 0.6 is 15.9 Å². The van der Waals surface area contributed by atoms with Gasteiger partial charge in [0.15, 0.2) is 0 Å². The Kier molecular flexibility index (Phi) is 3.98. The Labute approximate surface area is 117 Å². The third kappa shape index (κ3) is 2.67. The lowest BCUT2D eigenvalue weighted by atomic mass is 10.1. The van der Waals surface area contributed by atoms with Crippen molar-refractivity contribution in [3.05, 3.63) is 27.0 Å². The van der Waals surface area contributed by atoms with E-state index in [-0.39, 0.29) is 17.6 Å². The van der Waals surface area contributed by atoms with E-state index in [9.17, 15) is 14.9 Å². The molecule has 1 atom stereocenters. The summed E-state index contributed by atoms with van der Waals surface area (Å²) in [7, 11) is 1.34. The highest BCUT2D eigenvalue weighted by Gasteiger charge is 2.33. The van der Waals surface area contributed by atoms with Crippen LogP contribution in [0.5, 0.6) is 0 Å². The van der Waals surface area contributed by atoms with E-state index in [4.69, 9.17) is 4.74 Å². The van der Waals surface area contributed by atoms with Crippen LogP contribution < -0.4 is 4.90 Å². The van der Waals surface area contributed by atoms with Crippen molar-refractivity contribution >= 4 is 33.3 Å². The summed E-state index contributed by atoms with van der Waals surface area (Å²) in [6.45, 7) is 0.985. The van der Waals surface area contributed by atoms with Gasteiger partial charge in [-0.05, 0) is 22.4 Å². The van der Waals surface area contributed by atoms with Crippen LogP contribution in [0.15, 0.2) is 16.9 Å². The number of rotatable bonds is 3. The van der Waals surface area contributed by atoms with Gasteiger partial charge in [-0.15, -0.1) is 0 Å². The van der Waals surface area contributed by atoms with Crippen molar-refractivity contribution < 1.29 is 14.5 Å². The molecule has 0 spiro atoms. The third-order valence-electron chi connectivity index (χ3n) is 3.09. The number of ether oxygens (including phenoxy) is 1. The van der Waals surface area contributed by atoms with Gasteiger partial charge in [-0.1, -0.05) is 0 Å². The molecular formula is C11H12BrN3O4. The van der Waals surface area contributed by atoms with Crippen molar-refractivity contribution in [2.75, 3.05) is 25.1 Å². The van der Waals surface area contributed by atoms with Gasteiger partial charge in [0.05, 0.1) is 22.4 Å². The Hall–Kier alpha value is -1.70. The van der Waals surface area contributed by atoms with Crippen molar-refractivity contribution in [3.8, 4) is 0 Å². The predicted molar refractivity (Wildman–Crippen MR) is 70.9 cm³/mol. The van der Waals surface area contributed by atoms with E-state index in [1.807, 2.05) is 4.90 Å². The Bertz CT molecular complexity index is 523. The van der Waals surface area contributed by atoms with Gasteiger partial charge in [0.25, 0.3) is 0 Å². The minimum Gasteiger partial charge on any atom is -0.469 e. The second-order valence-electron chi connectivity index (χ2n) is 4.20. The SMILES string of the molecule is COC(=O)C1CCN(c2c(Br)cncc2[N+](=O)[O-])C1. The highest BCUT2D eigenvalue weighted by molar-refractivity contribution is 9.10. The lowest BCUT2D eigenvalue weighted by Crippen LogP contribution is -2.24. The number of hydrogen-bond acceptors (Lipinski definition) is 6. The van der Waals surface area contributed by atoms with E-state index in [0.717, 1.165) is 0 Å². The third-order valence-corrected chi connectivity index (χ3v) is 3.67. The maximum atomic E-state index is 11.5. The fourth-order valence-corrected chi connectivity index (χ4v) is 2.76. The number of nitro groups is 1. The first kappa shape index (κ1) is 13.7. The summed E-state index contributed by atoms with van der Waals surface area (Å²) in [6, 6.07) is 0. The number of carbonyl (C=O) groups excluding carboxylic acids is 1.